The SMILES string of the molecule is N#CCCCOC1CCC2(CC1)OCCO2. The molecule has 1 heterocycles. The molecule has 1 aliphatic heterocycles. The summed E-state index contributed by atoms with van der Waals surface area (Å²) in [6.45, 7) is 2.16. The lowest BCUT2D eigenvalue weighted by Gasteiger charge is -2.35. The van der Waals surface area contributed by atoms with Gasteiger partial charge in [-0.05, 0) is 19.3 Å². The van der Waals surface area contributed by atoms with Gasteiger partial charge in [0.05, 0.1) is 25.4 Å². The van der Waals surface area contributed by atoms with Crippen LogP contribution in [0.15, 0.2) is 0 Å². The smallest absolute Gasteiger partial charge is 0.168 e. The summed E-state index contributed by atoms with van der Waals surface area (Å²) in [6.07, 6.45) is 5.65. The monoisotopic (exact) mass is 225 g/mol. The van der Waals surface area contributed by atoms with E-state index in [-0.39, 0.29) is 5.79 Å². The Bertz CT molecular complexity index is 245. The van der Waals surface area contributed by atoms with Crippen molar-refractivity contribution in [3.63, 3.8) is 0 Å². The second kappa shape index (κ2) is 5.62. The van der Waals surface area contributed by atoms with E-state index in [1.54, 1.807) is 0 Å². The standard InChI is InChI=1S/C12H19NO3/c13-7-1-2-8-14-11-3-5-12(6-4-11)15-9-10-16-12/h11H,1-6,8-10H2. The number of ether oxygens (including phenoxy) is 3. The summed E-state index contributed by atoms with van der Waals surface area (Å²) in [5.74, 6) is -0.285. The first-order valence-corrected chi connectivity index (χ1v) is 6.11. The van der Waals surface area contributed by atoms with Crippen molar-refractivity contribution in [2.45, 2.75) is 50.4 Å². The Labute approximate surface area is 96.5 Å². The van der Waals surface area contributed by atoms with Gasteiger partial charge in [0.2, 0.25) is 0 Å². The number of hydrogen-bond acceptors (Lipinski definition) is 4. The minimum atomic E-state index is -0.285. The van der Waals surface area contributed by atoms with Gasteiger partial charge in [0.25, 0.3) is 0 Å². The van der Waals surface area contributed by atoms with E-state index in [2.05, 4.69) is 6.07 Å². The summed E-state index contributed by atoms with van der Waals surface area (Å²) in [5.41, 5.74) is 0. The molecule has 1 saturated carbocycles. The highest BCUT2D eigenvalue weighted by molar-refractivity contribution is 4.82. The van der Waals surface area contributed by atoms with Gasteiger partial charge in [-0.1, -0.05) is 0 Å². The molecule has 1 spiro atoms. The molecule has 1 saturated heterocycles. The maximum absolute atomic E-state index is 8.40. The van der Waals surface area contributed by atoms with Crippen LogP contribution in [0.5, 0.6) is 0 Å². The van der Waals surface area contributed by atoms with E-state index < -0.39 is 0 Å². The molecule has 0 bridgehead atoms. The largest absolute Gasteiger partial charge is 0.378 e. The van der Waals surface area contributed by atoms with Crippen molar-refractivity contribution in [3.8, 4) is 6.07 Å². The van der Waals surface area contributed by atoms with Crippen LogP contribution in [0, 0.1) is 11.3 Å². The van der Waals surface area contributed by atoms with Crippen LogP contribution in [0.2, 0.25) is 0 Å². The van der Waals surface area contributed by atoms with Crippen molar-refractivity contribution in [2.75, 3.05) is 19.8 Å². The van der Waals surface area contributed by atoms with Crippen molar-refractivity contribution < 1.29 is 14.2 Å². The molecule has 90 valence electrons. The van der Waals surface area contributed by atoms with Gasteiger partial charge in [-0.25, -0.2) is 0 Å². The average Bonchev–Trinajstić information content (AvgIpc) is 2.76. The predicted molar refractivity (Wildman–Crippen MR) is 57.7 cm³/mol. The Hall–Kier alpha value is -0.630. The van der Waals surface area contributed by atoms with E-state index in [0.717, 1.165) is 45.3 Å². The molecular weight excluding hydrogens is 206 g/mol. The first-order valence-electron chi connectivity index (χ1n) is 6.11. The Morgan fingerprint density at radius 1 is 1.25 bits per heavy atom. The zero-order chi connectivity index (χ0) is 11.3. The van der Waals surface area contributed by atoms with E-state index >= 15 is 0 Å². The van der Waals surface area contributed by atoms with Crippen LogP contribution in [-0.4, -0.2) is 31.7 Å². The van der Waals surface area contributed by atoms with Gasteiger partial charge in [-0.2, -0.15) is 5.26 Å². The molecule has 2 aliphatic rings. The fourth-order valence-electron chi connectivity index (χ4n) is 2.38. The van der Waals surface area contributed by atoms with Gasteiger partial charge in [0.15, 0.2) is 5.79 Å². The topological polar surface area (TPSA) is 51.5 Å². The van der Waals surface area contributed by atoms with Crippen LogP contribution in [0.3, 0.4) is 0 Å². The molecule has 0 amide bonds. The third-order valence-corrected chi connectivity index (χ3v) is 3.29. The lowest BCUT2D eigenvalue weighted by Crippen LogP contribution is -2.37. The second-order valence-corrected chi connectivity index (χ2v) is 4.44. The zero-order valence-corrected chi connectivity index (χ0v) is 9.61. The summed E-state index contributed by atoms with van der Waals surface area (Å²) >= 11 is 0. The normalized spacial score (nSPS) is 24.7. The summed E-state index contributed by atoms with van der Waals surface area (Å²) < 4.78 is 17.0. The van der Waals surface area contributed by atoms with Gasteiger partial charge < -0.3 is 14.2 Å². The van der Waals surface area contributed by atoms with E-state index in [9.17, 15) is 0 Å². The minimum Gasteiger partial charge on any atom is -0.378 e. The highest BCUT2D eigenvalue weighted by Crippen LogP contribution is 2.36. The molecule has 4 nitrogen and oxygen atoms in total. The van der Waals surface area contributed by atoms with Crippen LogP contribution in [0.4, 0.5) is 0 Å². The number of rotatable bonds is 4. The van der Waals surface area contributed by atoms with Gasteiger partial charge in [-0.15, -0.1) is 0 Å². The number of hydrogen-bond donors (Lipinski definition) is 0. The van der Waals surface area contributed by atoms with Crippen molar-refractivity contribution in [3.05, 3.63) is 0 Å². The predicted octanol–water partition coefficient (Wildman–Crippen LogP) is 1.99. The zero-order valence-electron chi connectivity index (χ0n) is 9.61. The molecule has 0 unspecified atom stereocenters. The fraction of sp³-hybridized carbons (Fsp3) is 0.917. The molecule has 0 aromatic rings. The Morgan fingerprint density at radius 2 is 1.94 bits per heavy atom. The number of nitrogens with zero attached hydrogens (tertiary/aromatic N) is 1. The van der Waals surface area contributed by atoms with Crippen LogP contribution >= 0.6 is 0 Å². The van der Waals surface area contributed by atoms with Crippen LogP contribution in [0.25, 0.3) is 0 Å². The first kappa shape index (κ1) is 11.8. The van der Waals surface area contributed by atoms with Crippen molar-refractivity contribution in [2.24, 2.45) is 0 Å². The second-order valence-electron chi connectivity index (χ2n) is 4.44. The van der Waals surface area contributed by atoms with E-state index in [1.807, 2.05) is 0 Å². The lowest BCUT2D eigenvalue weighted by molar-refractivity contribution is -0.191. The minimum absolute atomic E-state index is 0.285. The van der Waals surface area contributed by atoms with Gasteiger partial charge in [0.1, 0.15) is 0 Å². The van der Waals surface area contributed by atoms with Gasteiger partial charge >= 0.3 is 0 Å². The molecule has 0 N–H and O–H groups in total. The number of nitriles is 1. The van der Waals surface area contributed by atoms with Crippen molar-refractivity contribution >= 4 is 0 Å². The van der Waals surface area contributed by atoms with E-state index in [4.69, 9.17) is 19.5 Å². The molecule has 4 heteroatoms. The maximum atomic E-state index is 8.40. The summed E-state index contributed by atoms with van der Waals surface area (Å²) in [7, 11) is 0. The maximum Gasteiger partial charge on any atom is 0.168 e. The number of unbranched alkanes of at least 4 members (excludes halogenated alkanes) is 1. The molecule has 0 aromatic heterocycles. The Morgan fingerprint density at radius 3 is 2.56 bits per heavy atom. The summed E-state index contributed by atoms with van der Waals surface area (Å²) in [5, 5.41) is 8.40. The summed E-state index contributed by atoms with van der Waals surface area (Å²) in [6, 6.07) is 2.13. The van der Waals surface area contributed by atoms with Gasteiger partial charge in [-0.3, -0.25) is 0 Å². The Kier molecular flexibility index (Phi) is 4.16. The highest BCUT2D eigenvalue weighted by Gasteiger charge is 2.40. The molecule has 2 rings (SSSR count). The van der Waals surface area contributed by atoms with Crippen molar-refractivity contribution in [1.82, 2.24) is 0 Å². The molecule has 1 aliphatic carbocycles. The third kappa shape index (κ3) is 2.94. The summed E-state index contributed by atoms with van der Waals surface area (Å²) in [4.78, 5) is 0. The average molecular weight is 225 g/mol. The van der Waals surface area contributed by atoms with Crippen LogP contribution in [0.1, 0.15) is 38.5 Å². The third-order valence-electron chi connectivity index (χ3n) is 3.29. The highest BCUT2D eigenvalue weighted by atomic mass is 16.7. The van der Waals surface area contributed by atoms with Crippen molar-refractivity contribution in [1.29, 1.82) is 5.26 Å². The Balaban J connectivity index is 1.63. The molecule has 2 fully saturated rings. The molecule has 0 atom stereocenters. The van der Waals surface area contributed by atoms with E-state index in [1.165, 1.54) is 0 Å². The molecule has 0 radical (unpaired) electrons. The van der Waals surface area contributed by atoms with E-state index in [0.29, 0.717) is 19.1 Å². The van der Waals surface area contributed by atoms with Crippen LogP contribution < -0.4 is 0 Å². The fourth-order valence-corrected chi connectivity index (χ4v) is 2.38. The van der Waals surface area contributed by atoms with Gasteiger partial charge in [0, 0.05) is 25.9 Å². The quantitative estimate of drug-likeness (QED) is 0.687. The molecular formula is C12H19NO3. The molecule has 0 aromatic carbocycles. The molecule has 16 heavy (non-hydrogen) atoms. The van der Waals surface area contributed by atoms with Crippen LogP contribution in [-0.2, 0) is 14.2 Å². The lowest BCUT2D eigenvalue weighted by atomic mass is 9.92. The first-order chi connectivity index (χ1) is 7.85.